The first-order valence-corrected chi connectivity index (χ1v) is 12.6. The number of rotatable bonds is 6. The molecular formula is C24H23N3O4S2. The molecule has 4 aromatic rings. The van der Waals surface area contributed by atoms with E-state index in [4.69, 9.17) is 0 Å². The summed E-state index contributed by atoms with van der Waals surface area (Å²) in [6, 6.07) is 19.9. The van der Waals surface area contributed by atoms with E-state index in [-0.39, 0.29) is 27.1 Å². The number of sulfonamides is 1. The molecule has 0 aliphatic heterocycles. The fourth-order valence-electron chi connectivity index (χ4n) is 3.62. The lowest BCUT2D eigenvalue weighted by Gasteiger charge is -2.22. The highest BCUT2D eigenvalue weighted by molar-refractivity contribution is 7.92. The molecule has 0 fully saturated rings. The highest BCUT2D eigenvalue weighted by Gasteiger charge is 2.25. The summed E-state index contributed by atoms with van der Waals surface area (Å²) >= 11 is 1.12. The molecule has 1 N–H and O–H groups in total. The van der Waals surface area contributed by atoms with Gasteiger partial charge in [-0.2, -0.15) is 0 Å². The number of carbonyl (C=O) groups excluding carboxylic acids is 1. The Morgan fingerprint density at radius 1 is 1.00 bits per heavy atom. The molecule has 170 valence electrons. The molecule has 1 aromatic heterocycles. The second kappa shape index (κ2) is 8.84. The summed E-state index contributed by atoms with van der Waals surface area (Å²) in [6.07, 6.45) is 0. The monoisotopic (exact) mass is 481 g/mol. The number of thiazole rings is 1. The second-order valence-electron chi connectivity index (χ2n) is 7.77. The molecule has 0 bridgehead atoms. The lowest BCUT2D eigenvalue weighted by Crippen LogP contribution is -2.29. The predicted octanol–water partition coefficient (Wildman–Crippen LogP) is 4.72. The van der Waals surface area contributed by atoms with Gasteiger partial charge in [-0.1, -0.05) is 41.7 Å². The summed E-state index contributed by atoms with van der Waals surface area (Å²) < 4.78 is 29.7. The minimum Gasteiger partial charge on any atom is -0.322 e. The van der Waals surface area contributed by atoms with Crippen LogP contribution in [0.3, 0.4) is 0 Å². The van der Waals surface area contributed by atoms with E-state index in [1.54, 1.807) is 65.2 Å². The summed E-state index contributed by atoms with van der Waals surface area (Å²) in [7, 11) is -2.42. The number of hydrogen-bond donors (Lipinski definition) is 1. The van der Waals surface area contributed by atoms with Crippen LogP contribution in [0.25, 0.3) is 10.2 Å². The largest absolute Gasteiger partial charge is 0.322 e. The van der Waals surface area contributed by atoms with Crippen LogP contribution in [0.15, 0.2) is 82.5 Å². The maximum atomic E-state index is 13.1. The van der Waals surface area contributed by atoms with Gasteiger partial charge in [0.15, 0.2) is 0 Å². The van der Waals surface area contributed by atoms with E-state index in [1.165, 1.54) is 19.2 Å². The van der Waals surface area contributed by atoms with Gasteiger partial charge in [0.25, 0.3) is 15.9 Å². The molecule has 0 atom stereocenters. The van der Waals surface area contributed by atoms with Crippen molar-refractivity contribution in [2.45, 2.75) is 24.8 Å². The van der Waals surface area contributed by atoms with E-state index >= 15 is 0 Å². The molecule has 0 unspecified atom stereocenters. The third kappa shape index (κ3) is 4.29. The molecule has 0 saturated heterocycles. The van der Waals surface area contributed by atoms with Crippen molar-refractivity contribution < 1.29 is 13.2 Å². The highest BCUT2D eigenvalue weighted by Crippen LogP contribution is 2.28. The summed E-state index contributed by atoms with van der Waals surface area (Å²) in [5, 5.41) is 2.83. The third-order valence-electron chi connectivity index (χ3n) is 5.28. The van der Waals surface area contributed by atoms with Gasteiger partial charge in [-0.05, 0) is 56.3 Å². The first kappa shape index (κ1) is 22.8. The summed E-state index contributed by atoms with van der Waals surface area (Å²) in [5.74, 6) is -0.448. The van der Waals surface area contributed by atoms with Gasteiger partial charge in [-0.25, -0.2) is 8.42 Å². The molecule has 0 aliphatic carbocycles. The maximum Gasteiger partial charge on any atom is 0.308 e. The number of benzene rings is 3. The minimum atomic E-state index is -3.84. The Morgan fingerprint density at radius 2 is 1.67 bits per heavy atom. The van der Waals surface area contributed by atoms with Gasteiger partial charge in [-0.3, -0.25) is 18.5 Å². The van der Waals surface area contributed by atoms with Crippen molar-refractivity contribution >= 4 is 48.9 Å². The number of fused-ring (bicyclic) bond motifs is 1. The van der Waals surface area contributed by atoms with Gasteiger partial charge in [0, 0.05) is 18.8 Å². The normalized spacial score (nSPS) is 11.6. The van der Waals surface area contributed by atoms with Crippen LogP contribution in [0.1, 0.15) is 30.2 Å². The number of amides is 1. The number of aromatic nitrogens is 1. The van der Waals surface area contributed by atoms with Crippen molar-refractivity contribution in [1.82, 2.24) is 4.57 Å². The van der Waals surface area contributed by atoms with Gasteiger partial charge in [-0.15, -0.1) is 0 Å². The van der Waals surface area contributed by atoms with Crippen LogP contribution in [-0.4, -0.2) is 25.9 Å². The molecule has 3 aromatic carbocycles. The fourth-order valence-corrected chi connectivity index (χ4v) is 5.91. The van der Waals surface area contributed by atoms with Crippen LogP contribution in [0.4, 0.5) is 11.4 Å². The fraction of sp³-hybridized carbons (Fsp3) is 0.167. The molecule has 33 heavy (non-hydrogen) atoms. The molecule has 0 aliphatic rings. The quantitative estimate of drug-likeness (QED) is 0.432. The first-order valence-electron chi connectivity index (χ1n) is 10.3. The maximum absolute atomic E-state index is 13.1. The average Bonchev–Trinajstić information content (AvgIpc) is 3.14. The number of nitrogens with zero attached hydrogens (tertiary/aromatic N) is 2. The lowest BCUT2D eigenvalue weighted by atomic mass is 10.1. The molecule has 0 spiro atoms. The van der Waals surface area contributed by atoms with Crippen LogP contribution in [0.2, 0.25) is 0 Å². The van der Waals surface area contributed by atoms with Crippen LogP contribution >= 0.6 is 11.3 Å². The van der Waals surface area contributed by atoms with Crippen molar-refractivity contribution in [2.24, 2.45) is 0 Å². The third-order valence-corrected chi connectivity index (χ3v) is 7.98. The lowest BCUT2D eigenvalue weighted by molar-refractivity contribution is 0.102. The van der Waals surface area contributed by atoms with Gasteiger partial charge >= 0.3 is 4.87 Å². The van der Waals surface area contributed by atoms with Gasteiger partial charge < -0.3 is 5.32 Å². The van der Waals surface area contributed by atoms with Gasteiger partial charge in [0.2, 0.25) is 0 Å². The van der Waals surface area contributed by atoms with Gasteiger partial charge in [0.05, 0.1) is 26.4 Å². The number of carbonyl (C=O) groups is 1. The Balaban J connectivity index is 1.66. The number of nitrogens with one attached hydrogen (secondary N) is 1. The molecule has 9 heteroatoms. The molecule has 0 saturated carbocycles. The molecule has 1 amide bonds. The molecule has 4 rings (SSSR count). The topological polar surface area (TPSA) is 88.5 Å². The van der Waals surface area contributed by atoms with Crippen LogP contribution in [-0.2, 0) is 10.0 Å². The molecule has 1 heterocycles. The smallest absolute Gasteiger partial charge is 0.308 e. The Hall–Kier alpha value is -3.43. The van der Waals surface area contributed by atoms with E-state index in [0.29, 0.717) is 5.69 Å². The van der Waals surface area contributed by atoms with Crippen molar-refractivity contribution in [2.75, 3.05) is 16.7 Å². The van der Waals surface area contributed by atoms with Crippen molar-refractivity contribution in [1.29, 1.82) is 0 Å². The van der Waals surface area contributed by atoms with Crippen LogP contribution in [0, 0.1) is 0 Å². The van der Waals surface area contributed by atoms with Crippen molar-refractivity contribution in [3.63, 3.8) is 0 Å². The summed E-state index contributed by atoms with van der Waals surface area (Å²) in [4.78, 5) is 25.5. The van der Waals surface area contributed by atoms with E-state index in [9.17, 15) is 18.0 Å². The first-order chi connectivity index (χ1) is 15.7. The summed E-state index contributed by atoms with van der Waals surface area (Å²) in [6.45, 7) is 3.89. The number of para-hydroxylation sites is 1. The van der Waals surface area contributed by atoms with Crippen molar-refractivity contribution in [3.8, 4) is 0 Å². The average molecular weight is 482 g/mol. The number of hydrogen-bond acceptors (Lipinski definition) is 5. The van der Waals surface area contributed by atoms with Gasteiger partial charge in [0.1, 0.15) is 0 Å². The zero-order valence-electron chi connectivity index (χ0n) is 18.3. The zero-order chi connectivity index (χ0) is 23.8. The van der Waals surface area contributed by atoms with Crippen LogP contribution < -0.4 is 14.5 Å². The van der Waals surface area contributed by atoms with E-state index < -0.39 is 15.9 Å². The number of anilines is 2. The second-order valence-corrected chi connectivity index (χ2v) is 10.7. The van der Waals surface area contributed by atoms with E-state index in [1.807, 2.05) is 13.8 Å². The highest BCUT2D eigenvalue weighted by atomic mass is 32.2. The minimum absolute atomic E-state index is 0.0284. The molecule has 7 nitrogen and oxygen atoms in total. The van der Waals surface area contributed by atoms with E-state index in [2.05, 4.69) is 5.32 Å². The Morgan fingerprint density at radius 3 is 2.36 bits per heavy atom. The predicted molar refractivity (Wildman–Crippen MR) is 133 cm³/mol. The van der Waals surface area contributed by atoms with Crippen LogP contribution in [0.5, 0.6) is 0 Å². The summed E-state index contributed by atoms with van der Waals surface area (Å²) in [5.41, 5.74) is 1.81. The Bertz CT molecular complexity index is 1490. The molecular weight excluding hydrogens is 458 g/mol. The SMILES string of the molecule is CC(C)n1c(=O)sc2cc(NC(=O)c3ccccc3N(C)S(=O)(=O)c3ccccc3)ccc21. The molecule has 0 radical (unpaired) electrons. The Labute approximate surface area is 196 Å². The Kier molecular flexibility index (Phi) is 6.09. The van der Waals surface area contributed by atoms with E-state index in [0.717, 1.165) is 25.9 Å². The zero-order valence-corrected chi connectivity index (χ0v) is 20.0. The van der Waals surface area contributed by atoms with Crippen molar-refractivity contribution in [3.05, 3.63) is 88.0 Å². The standard InChI is InChI=1S/C24H23N3O4S2/c1-16(2)27-21-14-13-17(15-22(21)32-24(27)29)25-23(28)19-11-7-8-12-20(19)26(3)33(30,31)18-9-5-4-6-10-18/h4-16H,1-3H3,(H,25,28).